The first-order valence-corrected chi connectivity index (χ1v) is 6.52. The molecule has 7 heteroatoms. The van der Waals surface area contributed by atoms with E-state index >= 15 is 0 Å². The number of benzene rings is 1. The van der Waals surface area contributed by atoms with Gasteiger partial charge in [-0.3, -0.25) is 10.1 Å². The van der Waals surface area contributed by atoms with E-state index in [0.29, 0.717) is 12.2 Å². The minimum Gasteiger partial charge on any atom is -0.463 e. The van der Waals surface area contributed by atoms with E-state index in [0.717, 1.165) is 10.9 Å². The molecule has 1 amide bonds. The summed E-state index contributed by atoms with van der Waals surface area (Å²) in [6.45, 7) is 4.26. The molecule has 0 aliphatic carbocycles. The Labute approximate surface area is 120 Å². The van der Waals surface area contributed by atoms with E-state index in [9.17, 15) is 4.79 Å². The minimum absolute atomic E-state index is 0.188. The monoisotopic (exact) mass is 286 g/mol. The summed E-state index contributed by atoms with van der Waals surface area (Å²) in [5.41, 5.74) is 1.77. The van der Waals surface area contributed by atoms with Crippen molar-refractivity contribution in [3.63, 3.8) is 0 Å². The molecular formula is C14H14N4O3. The molecule has 0 unspecified atom stereocenters. The predicted octanol–water partition coefficient (Wildman–Crippen LogP) is 2.51. The Bertz CT molecular complexity index is 790. The van der Waals surface area contributed by atoms with Gasteiger partial charge in [0.25, 0.3) is 5.91 Å². The highest BCUT2D eigenvalue weighted by atomic mass is 16.5. The molecule has 2 aromatic heterocycles. The molecule has 0 aliphatic heterocycles. The van der Waals surface area contributed by atoms with E-state index in [4.69, 9.17) is 9.15 Å². The van der Waals surface area contributed by atoms with Gasteiger partial charge in [0.15, 0.2) is 5.76 Å². The van der Waals surface area contributed by atoms with Crippen LogP contribution in [0.3, 0.4) is 0 Å². The summed E-state index contributed by atoms with van der Waals surface area (Å²) in [7, 11) is 0. The summed E-state index contributed by atoms with van der Waals surface area (Å²) < 4.78 is 10.6. The Morgan fingerprint density at radius 2 is 2.29 bits per heavy atom. The van der Waals surface area contributed by atoms with Crippen LogP contribution in [0.4, 0.5) is 5.95 Å². The van der Waals surface area contributed by atoms with Gasteiger partial charge in [0, 0.05) is 5.39 Å². The van der Waals surface area contributed by atoms with Gasteiger partial charge in [0.2, 0.25) is 5.95 Å². The summed E-state index contributed by atoms with van der Waals surface area (Å²) in [6, 6.07) is 7.60. The van der Waals surface area contributed by atoms with Gasteiger partial charge < -0.3 is 9.15 Å². The number of amides is 1. The first kappa shape index (κ1) is 13.2. The van der Waals surface area contributed by atoms with Crippen molar-refractivity contribution in [1.82, 2.24) is 15.2 Å². The van der Waals surface area contributed by atoms with E-state index in [-0.39, 0.29) is 17.7 Å². The Morgan fingerprint density at radius 1 is 1.43 bits per heavy atom. The number of carbonyl (C=O) groups is 1. The quantitative estimate of drug-likeness (QED) is 0.768. The lowest BCUT2D eigenvalue weighted by atomic mass is 10.2. The number of furan rings is 1. The smallest absolute Gasteiger partial charge is 0.337 e. The van der Waals surface area contributed by atoms with Gasteiger partial charge >= 0.3 is 6.01 Å². The second-order valence-electron chi connectivity index (χ2n) is 4.51. The summed E-state index contributed by atoms with van der Waals surface area (Å²) in [6.07, 6.45) is 0. The Hall–Kier alpha value is -2.83. The van der Waals surface area contributed by atoms with E-state index in [1.165, 1.54) is 0 Å². The Morgan fingerprint density at radius 3 is 3.10 bits per heavy atom. The van der Waals surface area contributed by atoms with Crippen LogP contribution in [0.15, 0.2) is 28.7 Å². The highest BCUT2D eigenvalue weighted by Gasteiger charge is 2.14. The van der Waals surface area contributed by atoms with Gasteiger partial charge in [-0.05, 0) is 32.0 Å². The number of carbonyl (C=O) groups excluding carboxylic acids is 1. The van der Waals surface area contributed by atoms with Crippen LogP contribution in [0.1, 0.15) is 23.0 Å². The zero-order valence-corrected chi connectivity index (χ0v) is 11.6. The number of nitrogens with one attached hydrogen (secondary N) is 2. The maximum atomic E-state index is 12.1. The molecule has 0 bridgehead atoms. The average Bonchev–Trinajstić information content (AvgIpc) is 3.05. The van der Waals surface area contributed by atoms with Crippen LogP contribution in [0.5, 0.6) is 6.01 Å². The molecule has 2 heterocycles. The molecule has 0 fully saturated rings. The molecule has 1 aromatic carbocycles. The highest BCUT2D eigenvalue weighted by Crippen LogP contribution is 2.21. The van der Waals surface area contributed by atoms with Gasteiger partial charge in [-0.15, -0.1) is 5.10 Å². The summed E-state index contributed by atoms with van der Waals surface area (Å²) in [5.74, 6) is 0.0214. The van der Waals surface area contributed by atoms with Gasteiger partial charge in [-0.1, -0.05) is 11.6 Å². The molecule has 0 saturated heterocycles. The zero-order valence-electron chi connectivity index (χ0n) is 11.6. The number of nitrogens with zero attached hydrogens (tertiary/aromatic N) is 2. The lowest BCUT2D eigenvalue weighted by Gasteiger charge is -1.96. The van der Waals surface area contributed by atoms with Gasteiger partial charge in [-0.2, -0.15) is 4.98 Å². The van der Waals surface area contributed by atoms with E-state index in [1.54, 1.807) is 6.07 Å². The van der Waals surface area contributed by atoms with Gasteiger partial charge in [0.05, 0.1) is 6.61 Å². The number of anilines is 1. The van der Waals surface area contributed by atoms with Crippen molar-refractivity contribution in [3.05, 3.63) is 35.6 Å². The second-order valence-corrected chi connectivity index (χ2v) is 4.51. The molecule has 0 radical (unpaired) electrons. The van der Waals surface area contributed by atoms with Crippen LogP contribution in [0.2, 0.25) is 0 Å². The van der Waals surface area contributed by atoms with Crippen LogP contribution < -0.4 is 10.1 Å². The third-order valence-electron chi connectivity index (χ3n) is 2.87. The fourth-order valence-corrected chi connectivity index (χ4v) is 1.94. The van der Waals surface area contributed by atoms with Crippen LogP contribution in [0.25, 0.3) is 11.0 Å². The first-order valence-electron chi connectivity index (χ1n) is 6.52. The van der Waals surface area contributed by atoms with Crippen LogP contribution in [-0.4, -0.2) is 27.7 Å². The summed E-state index contributed by atoms with van der Waals surface area (Å²) >= 11 is 0. The Balaban J connectivity index is 1.79. The largest absolute Gasteiger partial charge is 0.463 e. The number of aryl methyl sites for hydroxylation is 1. The predicted molar refractivity (Wildman–Crippen MR) is 76.5 cm³/mol. The minimum atomic E-state index is -0.400. The third kappa shape index (κ3) is 2.71. The number of hydrogen-bond acceptors (Lipinski definition) is 5. The average molecular weight is 286 g/mol. The normalized spacial score (nSPS) is 10.8. The first-order chi connectivity index (χ1) is 10.2. The van der Waals surface area contributed by atoms with Crippen molar-refractivity contribution in [2.24, 2.45) is 0 Å². The molecule has 0 atom stereocenters. The number of ether oxygens (including phenoxy) is 1. The maximum Gasteiger partial charge on any atom is 0.337 e. The molecule has 0 saturated carbocycles. The molecule has 0 aliphatic rings. The number of rotatable bonds is 4. The number of aromatic nitrogens is 3. The Kier molecular flexibility index (Phi) is 3.31. The number of H-pyrrole nitrogens is 1. The van der Waals surface area contributed by atoms with Crippen molar-refractivity contribution in [3.8, 4) is 6.01 Å². The fraction of sp³-hybridized carbons (Fsp3) is 0.214. The molecule has 7 nitrogen and oxygen atoms in total. The van der Waals surface area contributed by atoms with Crippen molar-refractivity contribution < 1.29 is 13.9 Å². The van der Waals surface area contributed by atoms with Crippen LogP contribution >= 0.6 is 0 Å². The van der Waals surface area contributed by atoms with Crippen molar-refractivity contribution >= 4 is 22.8 Å². The highest BCUT2D eigenvalue weighted by molar-refractivity contribution is 6.03. The zero-order chi connectivity index (χ0) is 14.8. The SMILES string of the molecule is CCOc1n[nH]c(NC(=O)c2cc3cc(C)ccc3o2)n1. The second kappa shape index (κ2) is 5.28. The third-order valence-corrected chi connectivity index (χ3v) is 2.87. The summed E-state index contributed by atoms with van der Waals surface area (Å²) in [4.78, 5) is 16.1. The molecule has 3 aromatic rings. The van der Waals surface area contributed by atoms with Crippen molar-refractivity contribution in [2.45, 2.75) is 13.8 Å². The lowest BCUT2D eigenvalue weighted by Crippen LogP contribution is -2.12. The standard InChI is InChI=1S/C14H14N4O3/c1-3-20-14-16-13(17-18-14)15-12(19)11-7-9-6-8(2)4-5-10(9)21-11/h4-7H,3H2,1-2H3,(H2,15,16,17,18,19). The van der Waals surface area contributed by atoms with Crippen molar-refractivity contribution in [1.29, 1.82) is 0 Å². The van der Waals surface area contributed by atoms with Crippen molar-refractivity contribution in [2.75, 3.05) is 11.9 Å². The maximum absolute atomic E-state index is 12.1. The van der Waals surface area contributed by atoms with Gasteiger partial charge in [0.1, 0.15) is 5.58 Å². The van der Waals surface area contributed by atoms with E-state index in [1.807, 2.05) is 32.0 Å². The van der Waals surface area contributed by atoms with Crippen LogP contribution in [0, 0.1) is 6.92 Å². The molecule has 0 spiro atoms. The molecule has 3 rings (SSSR count). The van der Waals surface area contributed by atoms with E-state index in [2.05, 4.69) is 20.5 Å². The molecule has 2 N–H and O–H groups in total. The number of hydrogen-bond donors (Lipinski definition) is 2. The van der Waals surface area contributed by atoms with E-state index < -0.39 is 5.91 Å². The van der Waals surface area contributed by atoms with Gasteiger partial charge in [-0.25, -0.2) is 5.10 Å². The summed E-state index contributed by atoms with van der Waals surface area (Å²) in [5, 5.41) is 9.83. The number of fused-ring (bicyclic) bond motifs is 1. The molecule has 21 heavy (non-hydrogen) atoms. The number of aromatic amines is 1. The topological polar surface area (TPSA) is 93.0 Å². The lowest BCUT2D eigenvalue weighted by molar-refractivity contribution is 0.0998. The van der Waals surface area contributed by atoms with Crippen LogP contribution in [-0.2, 0) is 0 Å². The molecule has 108 valence electrons. The fourth-order valence-electron chi connectivity index (χ4n) is 1.94. The molecular weight excluding hydrogens is 272 g/mol.